The van der Waals surface area contributed by atoms with Gasteiger partial charge in [0.1, 0.15) is 23.1 Å². The lowest BCUT2D eigenvalue weighted by Crippen LogP contribution is -2.48. The number of rotatable bonds is 12. The highest BCUT2D eigenvalue weighted by Crippen LogP contribution is 2.31. The topological polar surface area (TPSA) is 51.8 Å². The SMILES string of the molecule is C=Cc1c(/C=C\C)[nH]c2c1CC(C)N(CC(C)(C)F)C2.CC(=O)N1CCN(CCCCCCOc2cc(F)cc(F)c2)CC1. The molecule has 9 heteroatoms. The highest BCUT2D eigenvalue weighted by molar-refractivity contribution is 5.73. The summed E-state index contributed by atoms with van der Waals surface area (Å²) in [7, 11) is 0. The molecule has 1 aromatic carbocycles. The number of allylic oxidation sites excluding steroid dienone is 1. The molecule has 3 heterocycles. The number of carbonyl (C=O) groups excluding carboxylic acids is 1. The highest BCUT2D eigenvalue weighted by atomic mass is 19.1. The van der Waals surface area contributed by atoms with Crippen LogP contribution < -0.4 is 4.74 Å². The summed E-state index contributed by atoms with van der Waals surface area (Å²) in [6.07, 6.45) is 11.1. The summed E-state index contributed by atoms with van der Waals surface area (Å²) in [4.78, 5) is 21.2. The van der Waals surface area contributed by atoms with Crippen molar-refractivity contribution in [3.8, 4) is 5.75 Å². The number of nitrogens with one attached hydrogen (secondary N) is 1. The highest BCUT2D eigenvalue weighted by Gasteiger charge is 2.31. The standard InChI is InChI=1S/C18H26F2N2O2.C17H25FN2/c1-15(23)22-9-7-21(8-10-22)6-4-2-3-5-11-24-18-13-16(19)12-17(20)14-18;1-6-8-15-13(7-2)14-9-12(3)20(10-16(14)19-15)11-17(4,5)18/h12-14H,2-11H2,1H3;6-8,12,19H,2,9-11H2,1,3-5H3/b;8-6-. The van der Waals surface area contributed by atoms with Gasteiger partial charge < -0.3 is 14.6 Å². The van der Waals surface area contributed by atoms with E-state index in [0.717, 1.165) is 83.1 Å². The van der Waals surface area contributed by atoms with E-state index in [0.29, 0.717) is 19.2 Å². The number of unbranched alkanes of at least 4 members (excludes halogenated alkanes) is 3. The van der Waals surface area contributed by atoms with Gasteiger partial charge in [-0.15, -0.1) is 0 Å². The number of fused-ring (bicyclic) bond motifs is 1. The molecular weight excluding hydrogens is 565 g/mol. The van der Waals surface area contributed by atoms with Crippen LogP contribution in [0.4, 0.5) is 13.2 Å². The first kappa shape index (κ1) is 35.4. The molecule has 1 unspecified atom stereocenters. The molecular formula is C35H51F3N4O2. The zero-order valence-corrected chi connectivity index (χ0v) is 27.2. The molecule has 0 saturated carbocycles. The summed E-state index contributed by atoms with van der Waals surface area (Å²) in [5.41, 5.74) is 3.69. The summed E-state index contributed by atoms with van der Waals surface area (Å²) in [5, 5.41) is 0. The van der Waals surface area contributed by atoms with Crippen LogP contribution in [0.1, 0.15) is 82.8 Å². The molecule has 4 rings (SSSR count). The van der Waals surface area contributed by atoms with Crippen LogP contribution in [0.5, 0.6) is 5.75 Å². The van der Waals surface area contributed by atoms with Crippen LogP contribution in [0.2, 0.25) is 0 Å². The minimum Gasteiger partial charge on any atom is -0.493 e. The van der Waals surface area contributed by atoms with Crippen molar-refractivity contribution in [1.82, 2.24) is 19.7 Å². The third-order valence-electron chi connectivity index (χ3n) is 8.16. The Kier molecular flexibility index (Phi) is 13.6. The van der Waals surface area contributed by atoms with Crippen molar-refractivity contribution >= 4 is 18.1 Å². The summed E-state index contributed by atoms with van der Waals surface area (Å²) in [6.45, 7) is 19.4. The average Bonchev–Trinajstić information content (AvgIpc) is 3.27. The van der Waals surface area contributed by atoms with E-state index >= 15 is 0 Å². The summed E-state index contributed by atoms with van der Waals surface area (Å²) in [5.74, 6) is -0.826. The summed E-state index contributed by atoms with van der Waals surface area (Å²) >= 11 is 0. The predicted molar refractivity (Wildman–Crippen MR) is 173 cm³/mol. The van der Waals surface area contributed by atoms with Crippen molar-refractivity contribution in [3.63, 3.8) is 0 Å². The summed E-state index contributed by atoms with van der Waals surface area (Å²) < 4.78 is 45.3. The zero-order chi connectivity index (χ0) is 32.3. The number of amides is 1. The Hall–Kier alpha value is -3.04. The largest absolute Gasteiger partial charge is 0.493 e. The van der Waals surface area contributed by atoms with Gasteiger partial charge in [-0.1, -0.05) is 31.6 Å². The quantitative estimate of drug-likeness (QED) is 0.255. The van der Waals surface area contributed by atoms with Gasteiger partial charge in [-0.3, -0.25) is 14.6 Å². The van der Waals surface area contributed by atoms with Gasteiger partial charge >= 0.3 is 0 Å². The van der Waals surface area contributed by atoms with Gasteiger partial charge in [0.05, 0.1) is 6.61 Å². The maximum Gasteiger partial charge on any atom is 0.219 e. The maximum absolute atomic E-state index is 13.9. The van der Waals surface area contributed by atoms with Crippen molar-refractivity contribution in [2.75, 3.05) is 45.9 Å². The van der Waals surface area contributed by atoms with E-state index in [1.54, 1.807) is 20.8 Å². The molecule has 1 atom stereocenters. The molecule has 1 aromatic heterocycles. The zero-order valence-electron chi connectivity index (χ0n) is 27.2. The van der Waals surface area contributed by atoms with E-state index in [2.05, 4.69) is 34.4 Å². The molecule has 0 spiro atoms. The number of halogens is 3. The number of ether oxygens (including phenoxy) is 1. The molecule has 1 N–H and O–H groups in total. The predicted octanol–water partition coefficient (Wildman–Crippen LogP) is 7.25. The molecule has 0 bridgehead atoms. The van der Waals surface area contributed by atoms with Gasteiger partial charge in [-0.25, -0.2) is 13.2 Å². The Balaban J connectivity index is 0.000000244. The van der Waals surface area contributed by atoms with Crippen molar-refractivity contribution in [3.05, 3.63) is 65.0 Å². The molecule has 1 amide bonds. The van der Waals surface area contributed by atoms with E-state index in [-0.39, 0.29) is 11.7 Å². The number of alkyl halides is 1. The normalized spacial score (nSPS) is 17.7. The van der Waals surface area contributed by atoms with Gasteiger partial charge in [0.15, 0.2) is 0 Å². The number of piperazine rings is 1. The Labute approximate surface area is 261 Å². The van der Waals surface area contributed by atoms with Gasteiger partial charge in [0, 0.05) is 87.4 Å². The fourth-order valence-corrected chi connectivity index (χ4v) is 5.89. The van der Waals surface area contributed by atoms with Gasteiger partial charge in [-0.05, 0) is 65.1 Å². The smallest absolute Gasteiger partial charge is 0.219 e. The second-order valence-electron chi connectivity index (χ2n) is 12.5. The Morgan fingerprint density at radius 2 is 1.75 bits per heavy atom. The molecule has 44 heavy (non-hydrogen) atoms. The van der Waals surface area contributed by atoms with E-state index in [1.165, 1.54) is 29.0 Å². The molecule has 1 fully saturated rings. The number of H-pyrrole nitrogens is 1. The monoisotopic (exact) mass is 616 g/mol. The lowest BCUT2D eigenvalue weighted by molar-refractivity contribution is -0.130. The molecule has 2 aliphatic rings. The number of hydrogen-bond acceptors (Lipinski definition) is 4. The number of benzene rings is 1. The van der Waals surface area contributed by atoms with E-state index in [9.17, 15) is 18.0 Å². The van der Waals surface area contributed by atoms with Crippen LogP contribution in [-0.4, -0.2) is 83.2 Å². The van der Waals surface area contributed by atoms with Crippen LogP contribution in [0, 0.1) is 11.6 Å². The Morgan fingerprint density at radius 1 is 1.09 bits per heavy atom. The fourth-order valence-electron chi connectivity index (χ4n) is 5.89. The Bertz CT molecular complexity index is 1230. The number of nitrogens with zero attached hydrogens (tertiary/aromatic N) is 3. The lowest BCUT2D eigenvalue weighted by atomic mass is 9.95. The van der Waals surface area contributed by atoms with Gasteiger partial charge in [-0.2, -0.15) is 0 Å². The minimum atomic E-state index is -1.16. The Morgan fingerprint density at radius 3 is 2.34 bits per heavy atom. The third kappa shape index (κ3) is 11.1. The lowest BCUT2D eigenvalue weighted by Gasteiger charge is -2.36. The van der Waals surface area contributed by atoms with Crippen LogP contribution >= 0.6 is 0 Å². The van der Waals surface area contributed by atoms with Crippen molar-refractivity contribution < 1.29 is 22.7 Å². The molecule has 0 radical (unpaired) electrons. The number of aromatic amines is 1. The molecule has 2 aliphatic heterocycles. The van der Waals surface area contributed by atoms with Crippen LogP contribution in [-0.2, 0) is 17.8 Å². The molecule has 2 aromatic rings. The summed E-state index contributed by atoms with van der Waals surface area (Å²) in [6, 6.07) is 3.59. The van der Waals surface area contributed by atoms with Crippen molar-refractivity contribution in [2.45, 2.75) is 85.0 Å². The molecule has 1 saturated heterocycles. The van der Waals surface area contributed by atoms with Crippen LogP contribution in [0.3, 0.4) is 0 Å². The van der Waals surface area contributed by atoms with Crippen molar-refractivity contribution in [1.29, 1.82) is 0 Å². The molecule has 244 valence electrons. The second-order valence-corrected chi connectivity index (χ2v) is 12.5. The maximum atomic E-state index is 13.9. The number of aromatic nitrogens is 1. The third-order valence-corrected chi connectivity index (χ3v) is 8.16. The number of hydrogen-bond donors (Lipinski definition) is 1. The first-order chi connectivity index (χ1) is 20.9. The van der Waals surface area contributed by atoms with Gasteiger partial charge in [0.25, 0.3) is 0 Å². The minimum absolute atomic E-state index is 0.160. The van der Waals surface area contributed by atoms with Crippen LogP contribution in [0.15, 0.2) is 30.9 Å². The van der Waals surface area contributed by atoms with Gasteiger partial charge in [0.2, 0.25) is 5.91 Å². The van der Waals surface area contributed by atoms with E-state index in [1.807, 2.05) is 24.0 Å². The molecule has 0 aliphatic carbocycles. The van der Waals surface area contributed by atoms with E-state index < -0.39 is 17.3 Å². The first-order valence-corrected chi connectivity index (χ1v) is 15.9. The fraction of sp³-hybridized carbons (Fsp3) is 0.571. The number of carbonyl (C=O) groups is 1. The first-order valence-electron chi connectivity index (χ1n) is 15.9. The van der Waals surface area contributed by atoms with Crippen LogP contribution in [0.25, 0.3) is 12.2 Å². The average molecular weight is 617 g/mol. The second kappa shape index (κ2) is 16.9. The molecule has 6 nitrogen and oxygen atoms in total. The van der Waals surface area contributed by atoms with Crippen molar-refractivity contribution in [2.24, 2.45) is 0 Å². The van der Waals surface area contributed by atoms with E-state index in [4.69, 9.17) is 4.74 Å².